The first-order valence-corrected chi connectivity index (χ1v) is 11.0. The highest BCUT2D eigenvalue weighted by molar-refractivity contribution is 5.80. The SMILES string of the molecule is CC(C)O.N#CC1(c2cc3c(cn2)cnn3-c2cc(N3CCCC3)ncn2)CC12CC2. The number of rotatable bonds is 3. The number of anilines is 1. The van der Waals surface area contributed by atoms with Gasteiger partial charge in [0.25, 0.3) is 0 Å². The van der Waals surface area contributed by atoms with Crippen molar-refractivity contribution in [3.05, 3.63) is 36.5 Å². The number of fused-ring (bicyclic) bond motifs is 1. The van der Waals surface area contributed by atoms with E-state index in [-0.39, 0.29) is 11.5 Å². The molecule has 1 spiro atoms. The molecule has 3 fully saturated rings. The summed E-state index contributed by atoms with van der Waals surface area (Å²) in [5.74, 6) is 1.70. The topological polar surface area (TPSA) is 104 Å². The minimum atomic E-state index is -0.400. The molecule has 0 aromatic carbocycles. The first kappa shape index (κ1) is 19.9. The van der Waals surface area contributed by atoms with Crippen LogP contribution in [0.4, 0.5) is 5.82 Å². The molecule has 4 heterocycles. The fraction of sp³-hybridized carbons (Fsp3) is 0.522. The molecule has 0 radical (unpaired) electrons. The summed E-state index contributed by atoms with van der Waals surface area (Å²) in [5.41, 5.74) is 1.63. The third-order valence-electron chi connectivity index (χ3n) is 6.60. The molecule has 1 aliphatic heterocycles. The van der Waals surface area contributed by atoms with Crippen LogP contribution in [0.2, 0.25) is 0 Å². The molecule has 2 aliphatic carbocycles. The Hall–Kier alpha value is -3.05. The van der Waals surface area contributed by atoms with Crippen molar-refractivity contribution in [2.24, 2.45) is 5.41 Å². The van der Waals surface area contributed by atoms with Gasteiger partial charge in [0.05, 0.1) is 23.5 Å². The molecular formula is C23H27N7O. The van der Waals surface area contributed by atoms with Gasteiger partial charge in [0.15, 0.2) is 5.82 Å². The van der Waals surface area contributed by atoms with Crippen LogP contribution in [-0.2, 0) is 5.41 Å². The van der Waals surface area contributed by atoms with Crippen molar-refractivity contribution in [3.8, 4) is 11.9 Å². The predicted octanol–water partition coefficient (Wildman–Crippen LogP) is 3.14. The first-order valence-electron chi connectivity index (χ1n) is 11.0. The van der Waals surface area contributed by atoms with Crippen molar-refractivity contribution in [1.82, 2.24) is 24.7 Å². The van der Waals surface area contributed by atoms with Crippen molar-refractivity contribution < 1.29 is 5.11 Å². The van der Waals surface area contributed by atoms with Gasteiger partial charge >= 0.3 is 0 Å². The maximum atomic E-state index is 9.81. The molecule has 3 aromatic rings. The van der Waals surface area contributed by atoms with Crippen molar-refractivity contribution in [2.45, 2.75) is 57.5 Å². The second-order valence-corrected chi connectivity index (χ2v) is 9.18. The second kappa shape index (κ2) is 7.27. The second-order valence-electron chi connectivity index (χ2n) is 9.18. The number of aliphatic hydroxyl groups is 1. The number of hydrogen-bond acceptors (Lipinski definition) is 7. The van der Waals surface area contributed by atoms with Gasteiger partial charge in [-0.3, -0.25) is 4.98 Å². The van der Waals surface area contributed by atoms with Gasteiger partial charge in [-0.25, -0.2) is 14.6 Å². The molecule has 8 nitrogen and oxygen atoms in total. The Balaban J connectivity index is 0.000000473. The van der Waals surface area contributed by atoms with E-state index >= 15 is 0 Å². The molecule has 160 valence electrons. The minimum Gasteiger partial charge on any atom is -0.394 e. The fourth-order valence-corrected chi connectivity index (χ4v) is 4.70. The lowest BCUT2D eigenvalue weighted by atomic mass is 9.98. The number of nitriles is 1. The van der Waals surface area contributed by atoms with Gasteiger partial charge in [-0.2, -0.15) is 10.4 Å². The van der Waals surface area contributed by atoms with E-state index < -0.39 is 5.41 Å². The number of pyridine rings is 1. The zero-order valence-corrected chi connectivity index (χ0v) is 18.0. The van der Waals surface area contributed by atoms with Crippen LogP contribution in [0.1, 0.15) is 51.6 Å². The van der Waals surface area contributed by atoms with Crippen LogP contribution in [0.15, 0.2) is 30.9 Å². The summed E-state index contributed by atoms with van der Waals surface area (Å²) >= 11 is 0. The summed E-state index contributed by atoms with van der Waals surface area (Å²) in [7, 11) is 0. The van der Waals surface area contributed by atoms with Crippen molar-refractivity contribution in [3.63, 3.8) is 0 Å². The van der Waals surface area contributed by atoms with E-state index in [2.05, 4.69) is 31.0 Å². The molecule has 8 heteroatoms. The Morgan fingerprint density at radius 2 is 1.77 bits per heavy atom. The lowest BCUT2D eigenvalue weighted by molar-refractivity contribution is 0.216. The Bertz CT molecular complexity index is 1150. The van der Waals surface area contributed by atoms with Gasteiger partial charge in [0.1, 0.15) is 17.6 Å². The van der Waals surface area contributed by atoms with Crippen molar-refractivity contribution in [2.75, 3.05) is 18.0 Å². The normalized spacial score (nSPS) is 23.0. The van der Waals surface area contributed by atoms with E-state index in [0.717, 1.165) is 60.6 Å². The molecule has 0 bridgehead atoms. The zero-order valence-electron chi connectivity index (χ0n) is 18.0. The minimum absolute atomic E-state index is 0.167. The number of nitrogens with zero attached hydrogens (tertiary/aromatic N) is 7. The predicted molar refractivity (Wildman–Crippen MR) is 117 cm³/mol. The third-order valence-corrected chi connectivity index (χ3v) is 6.60. The molecule has 31 heavy (non-hydrogen) atoms. The molecule has 1 atom stereocenters. The van der Waals surface area contributed by atoms with Crippen LogP contribution in [-0.4, -0.2) is 49.0 Å². The fourth-order valence-electron chi connectivity index (χ4n) is 4.70. The van der Waals surface area contributed by atoms with Crippen LogP contribution in [0.3, 0.4) is 0 Å². The highest BCUT2D eigenvalue weighted by atomic mass is 16.3. The monoisotopic (exact) mass is 417 g/mol. The standard InChI is InChI=1S/C20H19N7.C3H8O/c21-12-20(11-19(20)3-4-19)16-7-15-14(9-22-16)10-25-27(15)18-8-17(23-13-24-18)26-5-1-2-6-26;1-3(2)4/h7-10,13H,1-6,11H2;3-4H,1-2H3. The quantitative estimate of drug-likeness (QED) is 0.698. The van der Waals surface area contributed by atoms with Crippen LogP contribution < -0.4 is 4.90 Å². The summed E-state index contributed by atoms with van der Waals surface area (Å²) in [6.07, 6.45) is 10.7. The van der Waals surface area contributed by atoms with Gasteiger partial charge in [0, 0.05) is 36.8 Å². The zero-order chi connectivity index (χ0) is 21.6. The molecule has 3 aromatic heterocycles. The number of aliphatic hydroxyl groups excluding tert-OH is 1. The molecule has 2 saturated carbocycles. The summed E-state index contributed by atoms with van der Waals surface area (Å²) < 4.78 is 1.84. The highest BCUT2D eigenvalue weighted by Gasteiger charge is 2.76. The van der Waals surface area contributed by atoms with Crippen molar-refractivity contribution >= 4 is 16.7 Å². The molecular weight excluding hydrogens is 390 g/mol. The van der Waals surface area contributed by atoms with Crippen LogP contribution in [0.5, 0.6) is 0 Å². The summed E-state index contributed by atoms with van der Waals surface area (Å²) in [5, 5.41) is 23.4. The van der Waals surface area contributed by atoms with Gasteiger partial charge < -0.3 is 10.0 Å². The average molecular weight is 418 g/mol. The summed E-state index contributed by atoms with van der Waals surface area (Å²) in [4.78, 5) is 15.8. The van der Waals surface area contributed by atoms with Gasteiger partial charge in [-0.05, 0) is 57.4 Å². The molecule has 1 unspecified atom stereocenters. The molecule has 1 N–H and O–H groups in total. The first-order chi connectivity index (χ1) is 15.0. The third kappa shape index (κ3) is 3.33. The molecule has 3 aliphatic rings. The number of hydrogen-bond donors (Lipinski definition) is 1. The average Bonchev–Trinajstić information content (AvgIpc) is 3.49. The van der Waals surface area contributed by atoms with Crippen molar-refractivity contribution in [1.29, 1.82) is 5.26 Å². The Morgan fingerprint density at radius 3 is 2.42 bits per heavy atom. The Kier molecular flexibility index (Phi) is 4.67. The maximum Gasteiger partial charge on any atom is 0.159 e. The van der Waals surface area contributed by atoms with Gasteiger partial charge in [0.2, 0.25) is 0 Å². The highest BCUT2D eigenvalue weighted by Crippen LogP contribution is 2.78. The molecule has 6 rings (SSSR count). The van der Waals surface area contributed by atoms with E-state index in [0.29, 0.717) is 0 Å². The summed E-state index contributed by atoms with van der Waals surface area (Å²) in [6.45, 7) is 5.52. The van der Waals surface area contributed by atoms with E-state index in [4.69, 9.17) is 5.11 Å². The summed E-state index contributed by atoms with van der Waals surface area (Å²) in [6, 6.07) is 6.59. The lowest BCUT2D eigenvalue weighted by Crippen LogP contribution is -2.19. The Morgan fingerprint density at radius 1 is 1.06 bits per heavy atom. The van der Waals surface area contributed by atoms with E-state index in [1.54, 1.807) is 20.2 Å². The lowest BCUT2D eigenvalue weighted by Gasteiger charge is -2.16. The maximum absolute atomic E-state index is 9.81. The number of aromatic nitrogens is 5. The van der Waals surface area contributed by atoms with Gasteiger partial charge in [-0.15, -0.1) is 0 Å². The largest absolute Gasteiger partial charge is 0.394 e. The Labute approximate surface area is 181 Å². The molecule has 1 saturated heterocycles. The van der Waals surface area contributed by atoms with Crippen LogP contribution in [0, 0.1) is 16.7 Å². The van der Waals surface area contributed by atoms with Crippen LogP contribution >= 0.6 is 0 Å². The van der Waals surface area contributed by atoms with E-state index in [1.807, 2.05) is 29.2 Å². The van der Waals surface area contributed by atoms with E-state index in [1.165, 1.54) is 12.8 Å². The van der Waals surface area contributed by atoms with Crippen LogP contribution in [0.25, 0.3) is 16.7 Å². The van der Waals surface area contributed by atoms with E-state index in [9.17, 15) is 5.26 Å². The smallest absolute Gasteiger partial charge is 0.159 e. The van der Waals surface area contributed by atoms with Gasteiger partial charge in [-0.1, -0.05) is 0 Å². The molecule has 0 amide bonds.